The Morgan fingerprint density at radius 3 is 2.56 bits per heavy atom. The van der Waals surface area contributed by atoms with E-state index in [-0.39, 0.29) is 5.91 Å². The van der Waals surface area contributed by atoms with Crippen LogP contribution in [0.25, 0.3) is 11.4 Å². The van der Waals surface area contributed by atoms with Crippen LogP contribution in [0.15, 0.2) is 46.2 Å². The lowest BCUT2D eigenvalue weighted by Gasteiger charge is -2.14. The molecule has 0 fully saturated rings. The second-order valence-corrected chi connectivity index (χ2v) is 7.57. The Balaban J connectivity index is 1.66. The zero-order valence-electron chi connectivity index (χ0n) is 15.6. The fourth-order valence-corrected chi connectivity index (χ4v) is 3.23. The maximum absolute atomic E-state index is 12.5. The smallest absolute Gasteiger partial charge is 0.237 e. The average Bonchev–Trinajstić information content (AvgIpc) is 3.21. The molecule has 27 heavy (non-hydrogen) atoms. The van der Waals surface area contributed by atoms with Gasteiger partial charge in [-0.25, -0.2) is 4.68 Å². The molecule has 0 aliphatic rings. The molecule has 0 saturated carbocycles. The summed E-state index contributed by atoms with van der Waals surface area (Å²) in [6, 6.07) is 9.42. The molecule has 2 aromatic heterocycles. The first-order chi connectivity index (χ1) is 12.9. The number of rotatable bonds is 6. The minimum Gasteiger partial charge on any atom is -0.469 e. The molecule has 0 radical (unpaired) electrons. The maximum Gasteiger partial charge on any atom is 0.237 e. The Morgan fingerprint density at radius 1 is 1.26 bits per heavy atom. The molecule has 0 saturated heterocycles. The van der Waals surface area contributed by atoms with Gasteiger partial charge in [-0.05, 0) is 44.2 Å². The number of hydrogen-bond acceptors (Lipinski definition) is 7. The number of thioether (sulfide) groups is 1. The van der Waals surface area contributed by atoms with Gasteiger partial charge in [0.1, 0.15) is 5.76 Å². The van der Waals surface area contributed by atoms with E-state index in [0.29, 0.717) is 16.7 Å². The van der Waals surface area contributed by atoms with Gasteiger partial charge in [0.15, 0.2) is 5.82 Å². The lowest BCUT2D eigenvalue weighted by atomic mass is 10.2. The van der Waals surface area contributed by atoms with Crippen LogP contribution in [0, 0.1) is 6.92 Å². The van der Waals surface area contributed by atoms with Gasteiger partial charge in [0.2, 0.25) is 11.1 Å². The number of nitrogens with one attached hydrogen (secondary N) is 1. The topological polar surface area (TPSA) is 102 Å². The lowest BCUT2D eigenvalue weighted by molar-refractivity contribution is -0.115. The highest BCUT2D eigenvalue weighted by Gasteiger charge is 2.21. The number of carbonyl (C=O) groups is 1. The molecule has 9 heteroatoms. The largest absolute Gasteiger partial charge is 0.469 e. The van der Waals surface area contributed by atoms with Gasteiger partial charge in [0, 0.05) is 25.5 Å². The van der Waals surface area contributed by atoms with Gasteiger partial charge in [0.25, 0.3) is 0 Å². The van der Waals surface area contributed by atoms with Crippen molar-refractivity contribution < 1.29 is 9.21 Å². The van der Waals surface area contributed by atoms with E-state index in [0.717, 1.165) is 16.9 Å². The molecule has 3 aromatic rings. The number of benzene rings is 1. The third-order valence-corrected chi connectivity index (χ3v) is 5.12. The van der Waals surface area contributed by atoms with Gasteiger partial charge < -0.3 is 20.5 Å². The highest BCUT2D eigenvalue weighted by molar-refractivity contribution is 8.00. The summed E-state index contributed by atoms with van der Waals surface area (Å²) in [7, 11) is 3.93. The number of nitrogens with two attached hydrogens (primary N) is 1. The number of aryl methyl sites for hydroxylation is 1. The van der Waals surface area contributed by atoms with E-state index in [2.05, 4.69) is 15.5 Å². The first-order valence-electron chi connectivity index (χ1n) is 8.36. The van der Waals surface area contributed by atoms with E-state index in [4.69, 9.17) is 10.3 Å². The highest BCUT2D eigenvalue weighted by Crippen LogP contribution is 2.27. The summed E-state index contributed by atoms with van der Waals surface area (Å²) in [5.41, 5.74) is 2.57. The summed E-state index contributed by atoms with van der Waals surface area (Å²) < 4.78 is 6.65. The number of aromatic nitrogens is 3. The summed E-state index contributed by atoms with van der Waals surface area (Å²) in [5, 5.41) is 11.2. The summed E-state index contributed by atoms with van der Waals surface area (Å²) in [4.78, 5) is 14.5. The van der Waals surface area contributed by atoms with Crippen molar-refractivity contribution in [3.05, 3.63) is 42.4 Å². The number of furan rings is 1. The first-order valence-corrected chi connectivity index (χ1v) is 9.24. The minimum absolute atomic E-state index is 0.137. The van der Waals surface area contributed by atoms with Crippen LogP contribution in [0.2, 0.25) is 0 Å². The lowest BCUT2D eigenvalue weighted by Crippen LogP contribution is -2.23. The predicted octanol–water partition coefficient (Wildman–Crippen LogP) is 2.75. The van der Waals surface area contributed by atoms with Crippen LogP contribution in [-0.2, 0) is 4.79 Å². The zero-order valence-corrected chi connectivity index (χ0v) is 16.4. The fraction of sp³-hybridized carbons (Fsp3) is 0.278. The van der Waals surface area contributed by atoms with Gasteiger partial charge in [-0.15, -0.1) is 10.2 Å². The van der Waals surface area contributed by atoms with Crippen LogP contribution in [0.5, 0.6) is 0 Å². The second kappa shape index (κ2) is 7.75. The molecule has 3 N–H and O–H groups in total. The molecule has 0 bridgehead atoms. The Kier molecular flexibility index (Phi) is 5.41. The summed E-state index contributed by atoms with van der Waals surface area (Å²) in [5.74, 6) is 7.17. The molecule has 1 unspecified atom stereocenters. The van der Waals surface area contributed by atoms with Gasteiger partial charge in [-0.3, -0.25) is 4.79 Å². The van der Waals surface area contributed by atoms with Crippen molar-refractivity contribution in [1.82, 2.24) is 14.9 Å². The van der Waals surface area contributed by atoms with Crippen molar-refractivity contribution in [3.63, 3.8) is 0 Å². The quantitative estimate of drug-likeness (QED) is 0.496. The molecule has 0 spiro atoms. The van der Waals surface area contributed by atoms with Gasteiger partial charge in [0.05, 0.1) is 17.1 Å². The number of anilines is 2. The van der Waals surface area contributed by atoms with E-state index < -0.39 is 5.25 Å². The number of hydrogen-bond donors (Lipinski definition) is 2. The van der Waals surface area contributed by atoms with Crippen molar-refractivity contribution in [2.75, 3.05) is 30.2 Å². The van der Waals surface area contributed by atoms with Crippen LogP contribution in [0.3, 0.4) is 0 Å². The normalized spacial score (nSPS) is 12.0. The van der Waals surface area contributed by atoms with E-state index in [1.54, 1.807) is 19.3 Å². The molecule has 1 amide bonds. The average molecular weight is 386 g/mol. The minimum atomic E-state index is -0.400. The van der Waals surface area contributed by atoms with E-state index in [9.17, 15) is 4.79 Å². The van der Waals surface area contributed by atoms with E-state index >= 15 is 0 Å². The molecule has 3 rings (SSSR count). The molecule has 0 aliphatic carbocycles. The summed E-state index contributed by atoms with van der Waals surface area (Å²) >= 11 is 1.24. The third-order valence-electron chi connectivity index (χ3n) is 4.07. The molecule has 8 nitrogen and oxygen atoms in total. The second-order valence-electron chi connectivity index (χ2n) is 6.26. The number of carbonyl (C=O) groups excluding carboxylic acids is 1. The van der Waals surface area contributed by atoms with Crippen molar-refractivity contribution in [2.45, 2.75) is 24.3 Å². The molecule has 1 atom stereocenters. The molecular weight excluding hydrogens is 364 g/mol. The fourth-order valence-electron chi connectivity index (χ4n) is 2.46. The number of amides is 1. The Labute approximate surface area is 161 Å². The Morgan fingerprint density at radius 2 is 1.96 bits per heavy atom. The van der Waals surface area contributed by atoms with E-state index in [1.165, 1.54) is 16.4 Å². The van der Waals surface area contributed by atoms with Crippen LogP contribution in [-0.4, -0.2) is 40.1 Å². The SMILES string of the molecule is Cc1occc1-c1nnc(SC(C)C(=O)Nc2ccc(N(C)C)cc2)n1N. The van der Waals surface area contributed by atoms with Gasteiger partial charge in [-0.1, -0.05) is 11.8 Å². The van der Waals surface area contributed by atoms with Crippen molar-refractivity contribution in [3.8, 4) is 11.4 Å². The van der Waals surface area contributed by atoms with Crippen LogP contribution in [0.1, 0.15) is 12.7 Å². The van der Waals surface area contributed by atoms with Gasteiger partial charge in [-0.2, -0.15) is 0 Å². The molecular formula is C18H22N6O2S. The molecule has 0 aliphatic heterocycles. The monoisotopic (exact) mass is 386 g/mol. The predicted molar refractivity (Wildman–Crippen MR) is 107 cm³/mol. The zero-order chi connectivity index (χ0) is 19.6. The summed E-state index contributed by atoms with van der Waals surface area (Å²) in [6.45, 7) is 3.63. The molecule has 2 heterocycles. The first kappa shape index (κ1) is 18.8. The van der Waals surface area contributed by atoms with Crippen LogP contribution in [0.4, 0.5) is 11.4 Å². The standard InChI is InChI=1S/C18H22N6O2S/c1-11-15(9-10-26-11)16-21-22-18(24(16)19)27-12(2)17(25)20-13-5-7-14(8-6-13)23(3)4/h5-10,12H,19H2,1-4H3,(H,20,25). The van der Waals surface area contributed by atoms with Crippen LogP contribution < -0.4 is 16.1 Å². The van der Waals surface area contributed by atoms with Crippen molar-refractivity contribution in [1.29, 1.82) is 0 Å². The third kappa shape index (κ3) is 4.08. The van der Waals surface area contributed by atoms with Crippen molar-refractivity contribution in [2.24, 2.45) is 0 Å². The Bertz CT molecular complexity index is 932. The maximum atomic E-state index is 12.5. The van der Waals surface area contributed by atoms with Crippen LogP contribution >= 0.6 is 11.8 Å². The highest BCUT2D eigenvalue weighted by atomic mass is 32.2. The van der Waals surface area contributed by atoms with E-state index in [1.807, 2.05) is 50.2 Å². The Hall–Kier alpha value is -2.94. The number of nitrogen functional groups attached to an aromatic ring is 1. The molecule has 1 aromatic carbocycles. The van der Waals surface area contributed by atoms with Crippen molar-refractivity contribution >= 4 is 29.0 Å². The summed E-state index contributed by atoms with van der Waals surface area (Å²) in [6.07, 6.45) is 1.57. The van der Waals surface area contributed by atoms with Gasteiger partial charge >= 0.3 is 0 Å². The number of nitrogens with zero attached hydrogens (tertiary/aromatic N) is 4. The molecule has 142 valence electrons.